The van der Waals surface area contributed by atoms with Crippen LogP contribution < -0.4 is 10.2 Å². The molecule has 4 aromatic rings. The van der Waals surface area contributed by atoms with E-state index in [1.54, 1.807) is 30.3 Å². The number of aromatic hydroxyl groups is 1. The average Bonchev–Trinajstić information content (AvgIpc) is 3.55. The van der Waals surface area contributed by atoms with E-state index in [2.05, 4.69) is 42.3 Å². The van der Waals surface area contributed by atoms with Crippen LogP contribution in [-0.2, 0) is 37.3 Å². The zero-order chi connectivity index (χ0) is 40.7. The number of halogens is 7. The lowest BCUT2D eigenvalue weighted by Crippen LogP contribution is -2.53. The first-order valence-electron chi connectivity index (χ1n) is 17.6. The second-order valence-electron chi connectivity index (χ2n) is 14.3. The first kappa shape index (κ1) is 39.4. The number of phenolic OH excluding ortho intramolecular Hbond substituents is 1. The van der Waals surface area contributed by atoms with E-state index in [1.807, 2.05) is 36.4 Å². The van der Waals surface area contributed by atoms with Crippen LogP contribution in [0.4, 0.5) is 19.0 Å². The number of aromatic nitrogens is 1. The number of hydrogen-bond donors (Lipinski definition) is 2. The third kappa shape index (κ3) is 6.14. The number of alkyl halides is 3. The van der Waals surface area contributed by atoms with Gasteiger partial charge in [-0.2, -0.15) is 18.2 Å². The first-order valence-corrected chi connectivity index (χ1v) is 19.9. The predicted octanol–water partition coefficient (Wildman–Crippen LogP) is 8.83. The van der Waals surface area contributed by atoms with Gasteiger partial charge in [-0.1, -0.05) is 77.3 Å². The molecule has 0 bridgehead atoms. The molecule has 2 aliphatic carbocycles. The van der Waals surface area contributed by atoms with Gasteiger partial charge in [0.1, 0.15) is 0 Å². The quantitative estimate of drug-likeness (QED) is 0.139. The number of hydrogen-bond acceptors (Lipinski definition) is 8. The van der Waals surface area contributed by atoms with Crippen molar-refractivity contribution in [2.45, 2.75) is 36.9 Å². The molecule has 3 fully saturated rings. The SMILES string of the molecule is COc1cc([C@H]2C3=CC[C@@H]4C(=O)N(Cc5ccccc5)C(=O)[C@@H]4[C@@H]3C[C@H]3C(=O)N(Nc4ncc(C(F)(F)F)cc4Cl)C(=O)[C@@]23c2ccc(Cl)cc2)c(Br)c(Br)c1O. The number of rotatable bonds is 7. The minimum Gasteiger partial charge on any atom is -0.503 e. The number of phenols is 1. The predicted molar refractivity (Wildman–Crippen MR) is 209 cm³/mol. The molecule has 17 heteroatoms. The molecule has 4 amide bonds. The van der Waals surface area contributed by atoms with Gasteiger partial charge in [0.05, 0.1) is 51.9 Å². The Kier molecular flexibility index (Phi) is 9.97. The number of fused-ring (bicyclic) bond motifs is 4. The molecule has 10 nitrogen and oxygen atoms in total. The van der Waals surface area contributed by atoms with Crippen LogP contribution in [-0.4, -0.2) is 50.7 Å². The Hall–Kier alpha value is -4.44. The smallest absolute Gasteiger partial charge is 0.417 e. The first-order chi connectivity index (χ1) is 27.1. The van der Waals surface area contributed by atoms with E-state index < -0.39 is 69.5 Å². The highest BCUT2D eigenvalue weighted by Gasteiger charge is 2.70. The molecule has 1 aromatic heterocycles. The largest absolute Gasteiger partial charge is 0.503 e. The molecular weight excluding hydrogens is 920 g/mol. The van der Waals surface area contributed by atoms with Crippen LogP contribution in [0.5, 0.6) is 11.5 Å². The van der Waals surface area contributed by atoms with Gasteiger partial charge in [0.2, 0.25) is 11.8 Å². The number of imide groups is 2. The summed E-state index contributed by atoms with van der Waals surface area (Å²) < 4.78 is 46.7. The number of hydrazine groups is 1. The Labute approximate surface area is 350 Å². The Morgan fingerprint density at radius 1 is 0.965 bits per heavy atom. The molecule has 6 atom stereocenters. The number of amides is 4. The van der Waals surface area contributed by atoms with Crippen molar-refractivity contribution in [3.05, 3.63) is 126 Å². The number of likely N-dealkylation sites (tertiary alicyclic amines) is 1. The van der Waals surface area contributed by atoms with Gasteiger partial charge in [-0.25, -0.2) is 4.98 Å². The normalized spacial score (nSPS) is 25.6. The number of anilines is 1. The van der Waals surface area contributed by atoms with E-state index in [-0.39, 0.29) is 47.1 Å². The van der Waals surface area contributed by atoms with Crippen molar-refractivity contribution in [3.8, 4) is 11.5 Å². The maximum absolute atomic E-state index is 15.5. The molecule has 294 valence electrons. The van der Waals surface area contributed by atoms with Crippen molar-refractivity contribution >= 4 is 84.5 Å². The van der Waals surface area contributed by atoms with E-state index in [9.17, 15) is 32.7 Å². The van der Waals surface area contributed by atoms with Crippen LogP contribution >= 0.6 is 55.1 Å². The summed E-state index contributed by atoms with van der Waals surface area (Å²) in [7, 11) is 1.35. The van der Waals surface area contributed by atoms with Gasteiger partial charge in [0, 0.05) is 21.6 Å². The molecule has 3 aromatic carbocycles. The summed E-state index contributed by atoms with van der Waals surface area (Å²) in [6.07, 6.45) is -2.27. The van der Waals surface area contributed by atoms with Crippen molar-refractivity contribution in [1.29, 1.82) is 0 Å². The second-order valence-corrected chi connectivity index (χ2v) is 16.7. The van der Waals surface area contributed by atoms with Crippen molar-refractivity contribution in [2.24, 2.45) is 23.7 Å². The lowest BCUT2D eigenvalue weighted by Gasteiger charge is -2.51. The topological polar surface area (TPSA) is 129 Å². The number of carbonyl (C=O) groups is 4. The summed E-state index contributed by atoms with van der Waals surface area (Å²) in [6.45, 7) is 0.0544. The van der Waals surface area contributed by atoms with E-state index in [0.29, 0.717) is 43.5 Å². The van der Waals surface area contributed by atoms with Crippen LogP contribution in [0, 0.1) is 23.7 Å². The standard InChI is InChI=1S/C40H29Br2Cl2F3N4O6/c1-57-28-15-25(31(41)32(42)33(28)52)30-22-11-12-23-29(37(55)50(35(23)53)17-18-5-3-2-4-6-18)24(22)14-26-36(54)51(38(56)39(26,30)19-7-9-21(43)10-8-19)49-34-27(44)13-20(16-48-34)40(45,46)47/h2-11,13,15-16,23-24,26,29-30,52H,12,14,17H2,1H3,(H,48,49)/t23-,24+,26-,29-,30+,39+/m0/s1. The molecular formula is C40H29Br2Cl2F3N4O6. The van der Waals surface area contributed by atoms with Crippen LogP contribution in [0.15, 0.2) is 93.5 Å². The van der Waals surface area contributed by atoms with Gasteiger partial charge in [-0.15, -0.1) is 0 Å². The van der Waals surface area contributed by atoms with Gasteiger partial charge in [-0.05, 0) is 91.6 Å². The zero-order valence-corrected chi connectivity index (χ0v) is 34.2. The summed E-state index contributed by atoms with van der Waals surface area (Å²) in [5, 5.41) is 11.6. The van der Waals surface area contributed by atoms with Crippen molar-refractivity contribution in [3.63, 3.8) is 0 Å². The van der Waals surface area contributed by atoms with Crippen molar-refractivity contribution in [2.75, 3.05) is 12.5 Å². The van der Waals surface area contributed by atoms with Gasteiger partial charge in [0.15, 0.2) is 17.3 Å². The number of ether oxygens (including phenoxy) is 1. The van der Waals surface area contributed by atoms with Crippen molar-refractivity contribution < 1.29 is 42.2 Å². The van der Waals surface area contributed by atoms with Crippen LogP contribution in [0.25, 0.3) is 0 Å². The highest BCUT2D eigenvalue weighted by Crippen LogP contribution is 2.65. The average molecular weight is 949 g/mol. The number of allylic oxidation sites excluding steroid dienone is 2. The van der Waals surface area contributed by atoms with Gasteiger partial charge in [0.25, 0.3) is 11.8 Å². The van der Waals surface area contributed by atoms with E-state index in [0.717, 1.165) is 5.56 Å². The Balaban J connectivity index is 1.33. The Bertz CT molecular complexity index is 2400. The summed E-state index contributed by atoms with van der Waals surface area (Å²) in [4.78, 5) is 64.0. The lowest BCUT2D eigenvalue weighted by molar-refractivity contribution is -0.142. The summed E-state index contributed by atoms with van der Waals surface area (Å²) >= 11 is 19.7. The Morgan fingerprint density at radius 3 is 2.32 bits per heavy atom. The van der Waals surface area contributed by atoms with Crippen LogP contribution in [0.1, 0.15) is 41.0 Å². The molecule has 1 saturated carbocycles. The lowest BCUT2D eigenvalue weighted by atomic mass is 9.49. The highest BCUT2D eigenvalue weighted by atomic mass is 79.9. The third-order valence-corrected chi connectivity index (χ3v) is 14.2. The fourth-order valence-corrected chi connectivity index (χ4v) is 10.4. The number of nitrogens with one attached hydrogen (secondary N) is 1. The maximum atomic E-state index is 15.5. The molecule has 8 rings (SSSR count). The molecule has 0 unspecified atom stereocenters. The van der Waals surface area contributed by atoms with Crippen LogP contribution in [0.3, 0.4) is 0 Å². The van der Waals surface area contributed by atoms with E-state index in [4.69, 9.17) is 27.9 Å². The summed E-state index contributed by atoms with van der Waals surface area (Å²) in [6, 6.07) is 17.7. The fourth-order valence-electron chi connectivity index (χ4n) is 9.09. The third-order valence-electron chi connectivity index (χ3n) is 11.5. The summed E-state index contributed by atoms with van der Waals surface area (Å²) in [5.74, 6) is -7.54. The molecule has 2 N–H and O–H groups in total. The maximum Gasteiger partial charge on any atom is 0.417 e. The molecule has 3 heterocycles. The number of benzene rings is 3. The van der Waals surface area contributed by atoms with Gasteiger partial charge in [-0.3, -0.25) is 29.5 Å². The number of methoxy groups -OCH3 is 1. The van der Waals surface area contributed by atoms with Crippen molar-refractivity contribution in [1.82, 2.24) is 14.9 Å². The minimum absolute atomic E-state index is 0.0351. The van der Waals surface area contributed by atoms with Gasteiger partial charge >= 0.3 is 6.18 Å². The minimum atomic E-state index is -4.76. The fraction of sp³-hybridized carbons (Fsp3) is 0.275. The Morgan fingerprint density at radius 2 is 1.67 bits per heavy atom. The number of carbonyl (C=O) groups excluding carboxylic acids is 4. The monoisotopic (exact) mass is 946 g/mol. The molecule has 57 heavy (non-hydrogen) atoms. The van der Waals surface area contributed by atoms with E-state index in [1.165, 1.54) is 12.0 Å². The highest BCUT2D eigenvalue weighted by molar-refractivity contribution is 9.13. The molecule has 0 spiro atoms. The number of pyridine rings is 1. The van der Waals surface area contributed by atoms with Gasteiger partial charge < -0.3 is 9.84 Å². The summed E-state index contributed by atoms with van der Waals surface area (Å²) in [5.41, 5.74) is 1.82. The molecule has 0 radical (unpaired) electrons. The second kappa shape index (κ2) is 14.4. The molecule has 2 aliphatic heterocycles. The molecule has 2 saturated heterocycles. The zero-order valence-electron chi connectivity index (χ0n) is 29.5. The van der Waals surface area contributed by atoms with Crippen LogP contribution in [0.2, 0.25) is 10.0 Å². The molecule has 4 aliphatic rings. The number of nitrogens with zero attached hydrogens (tertiary/aromatic N) is 3. The van der Waals surface area contributed by atoms with E-state index >= 15 is 4.79 Å².